The first-order chi connectivity index (χ1) is 9.58. The highest BCUT2D eigenvalue weighted by atomic mass is 32.1. The first-order valence-electron chi connectivity index (χ1n) is 6.86. The summed E-state index contributed by atoms with van der Waals surface area (Å²) in [6, 6.07) is 2.08. The summed E-state index contributed by atoms with van der Waals surface area (Å²) >= 11 is 1.67. The van der Waals surface area contributed by atoms with Crippen LogP contribution in [0.1, 0.15) is 42.8 Å². The number of thiazole rings is 1. The lowest BCUT2D eigenvalue weighted by atomic mass is 10.3. The lowest BCUT2D eigenvalue weighted by Crippen LogP contribution is -2.10. The summed E-state index contributed by atoms with van der Waals surface area (Å²) in [7, 11) is 0. The monoisotopic (exact) mass is 291 g/mol. The standard InChI is InChI=1S/C14H21N5S/c1-5-6-15-12-7-13(19-11(4)18-12)17-10(3)14-16-9(2)8-20-14/h7-8,10H,5-6H2,1-4H3,(H2,15,17,18,19). The predicted octanol–water partition coefficient (Wildman–Crippen LogP) is 3.54. The molecular formula is C14H21N5S. The van der Waals surface area contributed by atoms with Crippen molar-refractivity contribution in [2.45, 2.75) is 40.2 Å². The zero-order valence-corrected chi connectivity index (χ0v) is 13.2. The Labute approximate surface area is 123 Å². The zero-order valence-electron chi connectivity index (χ0n) is 12.4. The van der Waals surface area contributed by atoms with Gasteiger partial charge in [-0.3, -0.25) is 0 Å². The summed E-state index contributed by atoms with van der Waals surface area (Å²) in [5, 5.41) is 9.81. The van der Waals surface area contributed by atoms with E-state index >= 15 is 0 Å². The second-order valence-corrected chi connectivity index (χ2v) is 5.70. The van der Waals surface area contributed by atoms with Gasteiger partial charge in [-0.2, -0.15) is 0 Å². The lowest BCUT2D eigenvalue weighted by Gasteiger charge is -2.13. The minimum absolute atomic E-state index is 0.141. The van der Waals surface area contributed by atoms with Crippen molar-refractivity contribution in [3.8, 4) is 0 Å². The molecule has 0 fully saturated rings. The molecule has 0 bridgehead atoms. The minimum Gasteiger partial charge on any atom is -0.370 e. The Morgan fingerprint density at radius 3 is 2.60 bits per heavy atom. The topological polar surface area (TPSA) is 62.7 Å². The Morgan fingerprint density at radius 2 is 1.95 bits per heavy atom. The van der Waals surface area contributed by atoms with Crippen molar-refractivity contribution in [2.24, 2.45) is 0 Å². The molecule has 2 heterocycles. The van der Waals surface area contributed by atoms with Crippen molar-refractivity contribution in [1.29, 1.82) is 0 Å². The Morgan fingerprint density at radius 1 is 1.20 bits per heavy atom. The van der Waals surface area contributed by atoms with Gasteiger partial charge in [0.15, 0.2) is 0 Å². The maximum atomic E-state index is 4.50. The molecule has 0 aliphatic heterocycles. The summed E-state index contributed by atoms with van der Waals surface area (Å²) in [6.07, 6.45) is 1.07. The van der Waals surface area contributed by atoms with Crippen LogP contribution in [0.15, 0.2) is 11.4 Å². The third-order valence-corrected chi connectivity index (χ3v) is 3.91. The molecule has 0 saturated heterocycles. The van der Waals surface area contributed by atoms with E-state index in [1.54, 1.807) is 11.3 Å². The summed E-state index contributed by atoms with van der Waals surface area (Å²) in [4.78, 5) is 13.3. The smallest absolute Gasteiger partial charge is 0.132 e. The van der Waals surface area contributed by atoms with Crippen molar-refractivity contribution in [1.82, 2.24) is 15.0 Å². The molecule has 0 radical (unpaired) electrons. The second kappa shape index (κ2) is 6.65. The Hall–Kier alpha value is -1.69. The van der Waals surface area contributed by atoms with Gasteiger partial charge < -0.3 is 10.6 Å². The van der Waals surface area contributed by atoms with Crippen LogP contribution in [0.5, 0.6) is 0 Å². The molecule has 6 heteroatoms. The maximum absolute atomic E-state index is 4.50. The van der Waals surface area contributed by atoms with E-state index in [0.29, 0.717) is 0 Å². The van der Waals surface area contributed by atoms with E-state index < -0.39 is 0 Å². The van der Waals surface area contributed by atoms with Crippen molar-refractivity contribution >= 4 is 23.0 Å². The van der Waals surface area contributed by atoms with Crippen molar-refractivity contribution in [3.05, 3.63) is 28.0 Å². The first-order valence-corrected chi connectivity index (χ1v) is 7.74. The molecule has 0 aromatic carbocycles. The molecule has 5 nitrogen and oxygen atoms in total. The Bertz CT molecular complexity index is 566. The number of nitrogens with zero attached hydrogens (tertiary/aromatic N) is 3. The van der Waals surface area contributed by atoms with Crippen molar-refractivity contribution in [3.63, 3.8) is 0 Å². The molecule has 0 aliphatic carbocycles. The number of anilines is 2. The molecule has 2 aromatic heterocycles. The van der Waals surface area contributed by atoms with Gasteiger partial charge in [0.1, 0.15) is 22.5 Å². The van der Waals surface area contributed by atoms with Crippen LogP contribution in [0.25, 0.3) is 0 Å². The number of rotatable bonds is 6. The molecule has 20 heavy (non-hydrogen) atoms. The predicted molar refractivity (Wildman–Crippen MR) is 84.4 cm³/mol. The van der Waals surface area contributed by atoms with E-state index in [1.165, 1.54) is 0 Å². The van der Waals surface area contributed by atoms with Gasteiger partial charge in [-0.1, -0.05) is 6.92 Å². The van der Waals surface area contributed by atoms with Gasteiger partial charge in [-0.15, -0.1) is 11.3 Å². The van der Waals surface area contributed by atoms with E-state index in [2.05, 4.69) is 44.8 Å². The van der Waals surface area contributed by atoms with E-state index in [0.717, 1.165) is 41.1 Å². The normalized spacial score (nSPS) is 12.2. The number of aromatic nitrogens is 3. The SMILES string of the molecule is CCCNc1cc(NC(C)c2nc(C)cs2)nc(C)n1. The van der Waals surface area contributed by atoms with Crippen LogP contribution in [0.2, 0.25) is 0 Å². The van der Waals surface area contributed by atoms with Crippen LogP contribution >= 0.6 is 11.3 Å². The summed E-state index contributed by atoms with van der Waals surface area (Å²) < 4.78 is 0. The molecule has 2 rings (SSSR count). The molecule has 0 amide bonds. The molecule has 1 unspecified atom stereocenters. The third kappa shape index (κ3) is 3.90. The van der Waals surface area contributed by atoms with Gasteiger partial charge in [0.2, 0.25) is 0 Å². The van der Waals surface area contributed by atoms with Gasteiger partial charge in [0.05, 0.1) is 6.04 Å². The number of hydrogen-bond acceptors (Lipinski definition) is 6. The molecular weight excluding hydrogens is 270 g/mol. The van der Waals surface area contributed by atoms with Crippen molar-refractivity contribution in [2.75, 3.05) is 17.2 Å². The van der Waals surface area contributed by atoms with Crippen LogP contribution in [-0.2, 0) is 0 Å². The van der Waals surface area contributed by atoms with Gasteiger partial charge in [-0.05, 0) is 27.2 Å². The highest BCUT2D eigenvalue weighted by molar-refractivity contribution is 7.09. The molecule has 0 spiro atoms. The number of aryl methyl sites for hydroxylation is 2. The molecule has 108 valence electrons. The minimum atomic E-state index is 0.141. The van der Waals surface area contributed by atoms with Crippen molar-refractivity contribution < 1.29 is 0 Å². The molecule has 2 N–H and O–H groups in total. The fourth-order valence-corrected chi connectivity index (χ4v) is 2.64. The Kier molecular flexibility index (Phi) is 4.89. The average molecular weight is 291 g/mol. The first kappa shape index (κ1) is 14.7. The van der Waals surface area contributed by atoms with Crippen LogP contribution < -0.4 is 10.6 Å². The number of nitrogens with one attached hydrogen (secondary N) is 2. The lowest BCUT2D eigenvalue weighted by molar-refractivity contribution is 0.849. The zero-order chi connectivity index (χ0) is 14.5. The van der Waals surface area contributed by atoms with E-state index in [9.17, 15) is 0 Å². The molecule has 0 saturated carbocycles. The maximum Gasteiger partial charge on any atom is 0.132 e. The van der Waals surface area contributed by atoms with E-state index in [4.69, 9.17) is 0 Å². The highest BCUT2D eigenvalue weighted by Crippen LogP contribution is 2.22. The third-order valence-electron chi connectivity index (χ3n) is 2.77. The van der Waals surface area contributed by atoms with Crippen LogP contribution in [0.3, 0.4) is 0 Å². The average Bonchev–Trinajstić information content (AvgIpc) is 2.82. The van der Waals surface area contributed by atoms with Gasteiger partial charge >= 0.3 is 0 Å². The number of hydrogen-bond donors (Lipinski definition) is 2. The van der Waals surface area contributed by atoms with Gasteiger partial charge in [0.25, 0.3) is 0 Å². The highest BCUT2D eigenvalue weighted by Gasteiger charge is 2.11. The summed E-state index contributed by atoms with van der Waals surface area (Å²) in [6.45, 7) is 9.05. The second-order valence-electron chi connectivity index (χ2n) is 4.81. The Balaban J connectivity index is 2.10. The fraction of sp³-hybridized carbons (Fsp3) is 0.500. The summed E-state index contributed by atoms with van der Waals surface area (Å²) in [5.74, 6) is 2.46. The largest absolute Gasteiger partial charge is 0.370 e. The molecule has 2 aromatic rings. The van der Waals surface area contributed by atoms with Gasteiger partial charge in [0, 0.05) is 23.7 Å². The molecule has 1 atom stereocenters. The van der Waals surface area contributed by atoms with E-state index in [-0.39, 0.29) is 6.04 Å². The summed E-state index contributed by atoms with van der Waals surface area (Å²) in [5.41, 5.74) is 1.06. The van der Waals surface area contributed by atoms with Crippen LogP contribution in [0, 0.1) is 13.8 Å². The quantitative estimate of drug-likeness (QED) is 0.852. The van der Waals surface area contributed by atoms with E-state index in [1.807, 2.05) is 19.9 Å². The van der Waals surface area contributed by atoms with Crippen LogP contribution in [-0.4, -0.2) is 21.5 Å². The van der Waals surface area contributed by atoms with Crippen LogP contribution in [0.4, 0.5) is 11.6 Å². The van der Waals surface area contributed by atoms with Gasteiger partial charge in [-0.25, -0.2) is 15.0 Å². The molecule has 0 aliphatic rings. The fourth-order valence-electron chi connectivity index (χ4n) is 1.84.